The number of phenols is 1. The van der Waals surface area contributed by atoms with Crippen LogP contribution in [0.15, 0.2) is 35.1 Å². The molecule has 5 heteroatoms. The molecule has 4 nitrogen and oxygen atoms in total. The minimum absolute atomic E-state index is 0.0836. The Balaban J connectivity index is 1.99. The molecule has 102 valence electrons. The highest BCUT2D eigenvalue weighted by molar-refractivity contribution is 7.18. The van der Waals surface area contributed by atoms with Crippen LogP contribution in [0.5, 0.6) is 5.75 Å². The van der Waals surface area contributed by atoms with Crippen molar-refractivity contribution in [2.75, 3.05) is 0 Å². The van der Waals surface area contributed by atoms with Gasteiger partial charge in [0.25, 0.3) is 5.56 Å². The largest absolute Gasteiger partial charge is 0.508 e. The second-order valence-corrected chi connectivity index (χ2v) is 5.76. The van der Waals surface area contributed by atoms with Crippen LogP contribution in [-0.4, -0.2) is 15.1 Å². The summed E-state index contributed by atoms with van der Waals surface area (Å²) in [5.41, 5.74) is 0.914. The highest BCUT2D eigenvalue weighted by Crippen LogP contribution is 2.22. The molecule has 2 N–H and O–H groups in total. The van der Waals surface area contributed by atoms with Gasteiger partial charge in [-0.2, -0.15) is 0 Å². The third-order valence-electron chi connectivity index (χ3n) is 3.16. The van der Waals surface area contributed by atoms with Crippen molar-refractivity contribution in [1.29, 1.82) is 0 Å². The fourth-order valence-electron chi connectivity index (χ4n) is 2.09. The van der Waals surface area contributed by atoms with Gasteiger partial charge in [-0.15, -0.1) is 11.3 Å². The summed E-state index contributed by atoms with van der Waals surface area (Å²) in [5, 5.41) is 9.93. The highest BCUT2D eigenvalue weighted by Gasteiger charge is 2.08. The molecule has 1 aromatic carbocycles. The number of hydrogen-bond donors (Lipinski definition) is 2. The maximum Gasteiger partial charge on any atom is 0.259 e. The number of H-pyrrole nitrogens is 1. The van der Waals surface area contributed by atoms with Gasteiger partial charge < -0.3 is 10.1 Å². The zero-order valence-corrected chi connectivity index (χ0v) is 11.8. The smallest absolute Gasteiger partial charge is 0.259 e. The summed E-state index contributed by atoms with van der Waals surface area (Å²) in [6.45, 7) is 2.07. The lowest BCUT2D eigenvalue weighted by molar-refractivity contribution is 0.475. The number of aryl methyl sites for hydroxylation is 1. The summed E-state index contributed by atoms with van der Waals surface area (Å²) < 4.78 is 0. The highest BCUT2D eigenvalue weighted by atomic mass is 32.1. The predicted octanol–water partition coefficient (Wildman–Crippen LogP) is 2.84. The SMILES string of the molecule is CCc1cc2c(=O)[nH]c(Cc3ccc(O)cc3)nc2s1. The third kappa shape index (κ3) is 2.44. The quantitative estimate of drug-likeness (QED) is 0.778. The molecular weight excluding hydrogens is 272 g/mol. The van der Waals surface area contributed by atoms with Crippen molar-refractivity contribution in [3.63, 3.8) is 0 Å². The first kappa shape index (κ1) is 12.9. The van der Waals surface area contributed by atoms with E-state index in [-0.39, 0.29) is 11.3 Å². The molecule has 0 atom stereocenters. The van der Waals surface area contributed by atoms with E-state index in [1.807, 2.05) is 18.2 Å². The first-order valence-corrected chi connectivity index (χ1v) is 7.27. The van der Waals surface area contributed by atoms with Crippen molar-refractivity contribution in [2.45, 2.75) is 19.8 Å². The summed E-state index contributed by atoms with van der Waals surface area (Å²) in [7, 11) is 0. The first-order valence-electron chi connectivity index (χ1n) is 6.45. The van der Waals surface area contributed by atoms with Crippen LogP contribution in [0.3, 0.4) is 0 Å². The zero-order chi connectivity index (χ0) is 14.1. The van der Waals surface area contributed by atoms with Gasteiger partial charge in [-0.25, -0.2) is 4.98 Å². The monoisotopic (exact) mass is 286 g/mol. The molecule has 0 saturated heterocycles. The lowest BCUT2D eigenvalue weighted by Gasteiger charge is -2.01. The first-order chi connectivity index (χ1) is 9.65. The Labute approximate surface area is 119 Å². The number of aromatic nitrogens is 2. The number of thiophene rings is 1. The average molecular weight is 286 g/mol. The van der Waals surface area contributed by atoms with Crippen LogP contribution in [-0.2, 0) is 12.8 Å². The van der Waals surface area contributed by atoms with Gasteiger partial charge in [0.1, 0.15) is 16.4 Å². The van der Waals surface area contributed by atoms with Crippen molar-refractivity contribution in [2.24, 2.45) is 0 Å². The summed E-state index contributed by atoms with van der Waals surface area (Å²) in [6, 6.07) is 8.83. The number of nitrogens with zero attached hydrogens (tertiary/aromatic N) is 1. The molecule has 2 heterocycles. The third-order valence-corrected chi connectivity index (χ3v) is 4.33. The molecule has 3 aromatic rings. The Morgan fingerprint density at radius 2 is 2.05 bits per heavy atom. The number of aromatic amines is 1. The number of phenolic OH excluding ortho intramolecular Hbond substituents is 1. The fourth-order valence-corrected chi connectivity index (χ4v) is 3.08. The molecule has 3 rings (SSSR count). The number of aromatic hydroxyl groups is 1. The molecular formula is C15H14N2O2S. The zero-order valence-electron chi connectivity index (χ0n) is 11.0. The number of rotatable bonds is 3. The van der Waals surface area contributed by atoms with Crippen molar-refractivity contribution in [3.05, 3.63) is 57.0 Å². The molecule has 0 saturated carbocycles. The molecule has 2 aromatic heterocycles. The lowest BCUT2D eigenvalue weighted by atomic mass is 10.1. The minimum Gasteiger partial charge on any atom is -0.508 e. The van der Waals surface area contributed by atoms with Crippen LogP contribution in [0.1, 0.15) is 23.2 Å². The fraction of sp³-hybridized carbons (Fsp3) is 0.200. The van der Waals surface area contributed by atoms with Crippen LogP contribution >= 0.6 is 11.3 Å². The van der Waals surface area contributed by atoms with Gasteiger partial charge in [0, 0.05) is 11.3 Å². The van der Waals surface area contributed by atoms with Crippen LogP contribution in [0, 0.1) is 0 Å². The van der Waals surface area contributed by atoms with E-state index in [2.05, 4.69) is 16.9 Å². The van der Waals surface area contributed by atoms with Crippen molar-refractivity contribution in [3.8, 4) is 5.75 Å². The summed E-state index contributed by atoms with van der Waals surface area (Å²) in [6.07, 6.45) is 1.46. The summed E-state index contributed by atoms with van der Waals surface area (Å²) >= 11 is 1.57. The van der Waals surface area contributed by atoms with Gasteiger partial charge in [0.2, 0.25) is 0 Å². The standard InChI is InChI=1S/C15H14N2O2S/c1-2-11-8-12-14(19)16-13(17-15(12)20-11)7-9-3-5-10(18)6-4-9/h3-6,8,18H,2,7H2,1H3,(H,16,17,19). The summed E-state index contributed by atoms with van der Waals surface area (Å²) in [5.74, 6) is 0.884. The van der Waals surface area contributed by atoms with Crippen LogP contribution < -0.4 is 5.56 Å². The number of nitrogens with one attached hydrogen (secondary N) is 1. The van der Waals surface area contributed by atoms with Gasteiger partial charge in [0.15, 0.2) is 0 Å². The molecule has 0 amide bonds. The number of fused-ring (bicyclic) bond motifs is 1. The topological polar surface area (TPSA) is 66.0 Å². The van der Waals surface area contributed by atoms with Gasteiger partial charge in [-0.1, -0.05) is 19.1 Å². The second kappa shape index (κ2) is 5.09. The number of benzene rings is 1. The van der Waals surface area contributed by atoms with Crippen LogP contribution in [0.25, 0.3) is 10.2 Å². The molecule has 20 heavy (non-hydrogen) atoms. The predicted molar refractivity (Wildman–Crippen MR) is 80.5 cm³/mol. The molecule has 0 unspecified atom stereocenters. The Kier molecular flexibility index (Phi) is 3.28. The molecule has 0 radical (unpaired) electrons. The minimum atomic E-state index is -0.0836. The van der Waals surface area contributed by atoms with E-state index in [1.54, 1.807) is 23.5 Å². The van der Waals surface area contributed by atoms with E-state index in [9.17, 15) is 9.90 Å². The van der Waals surface area contributed by atoms with E-state index in [0.717, 1.165) is 16.8 Å². The molecule has 0 aliphatic heterocycles. The van der Waals surface area contributed by atoms with Crippen molar-refractivity contribution >= 4 is 21.6 Å². The van der Waals surface area contributed by atoms with E-state index in [4.69, 9.17) is 0 Å². The van der Waals surface area contributed by atoms with Gasteiger partial charge in [-0.05, 0) is 30.2 Å². The maximum atomic E-state index is 12.0. The number of hydrogen-bond acceptors (Lipinski definition) is 4. The van der Waals surface area contributed by atoms with Gasteiger partial charge in [-0.3, -0.25) is 4.79 Å². The maximum absolute atomic E-state index is 12.0. The molecule has 0 bridgehead atoms. The van der Waals surface area contributed by atoms with E-state index < -0.39 is 0 Å². The summed E-state index contributed by atoms with van der Waals surface area (Å²) in [4.78, 5) is 21.4. The van der Waals surface area contributed by atoms with Gasteiger partial charge >= 0.3 is 0 Å². The second-order valence-electron chi connectivity index (χ2n) is 4.64. The Bertz CT molecular complexity index is 803. The van der Waals surface area contributed by atoms with E-state index in [0.29, 0.717) is 17.6 Å². The van der Waals surface area contributed by atoms with Crippen molar-refractivity contribution < 1.29 is 5.11 Å². The molecule has 0 aliphatic carbocycles. The molecule has 0 aliphatic rings. The Morgan fingerprint density at radius 1 is 1.30 bits per heavy atom. The van der Waals surface area contributed by atoms with E-state index >= 15 is 0 Å². The van der Waals surface area contributed by atoms with Gasteiger partial charge in [0.05, 0.1) is 5.39 Å². The lowest BCUT2D eigenvalue weighted by Crippen LogP contribution is -2.10. The molecule has 0 spiro atoms. The average Bonchev–Trinajstić information content (AvgIpc) is 2.85. The van der Waals surface area contributed by atoms with Crippen LogP contribution in [0.4, 0.5) is 0 Å². The Hall–Kier alpha value is -2.14. The van der Waals surface area contributed by atoms with Crippen molar-refractivity contribution in [1.82, 2.24) is 9.97 Å². The Morgan fingerprint density at radius 3 is 2.75 bits per heavy atom. The van der Waals surface area contributed by atoms with E-state index in [1.165, 1.54) is 4.88 Å². The normalized spacial score (nSPS) is 11.1. The molecule has 0 fully saturated rings. The van der Waals surface area contributed by atoms with Crippen LogP contribution in [0.2, 0.25) is 0 Å².